The Labute approximate surface area is 220 Å². The Balaban J connectivity index is 1.39. The van der Waals surface area contributed by atoms with Crippen LogP contribution in [0.5, 0.6) is 0 Å². The quantitative estimate of drug-likeness (QED) is 0.327. The molecular weight excluding hydrogens is 509 g/mol. The first kappa shape index (κ1) is 25.8. The molecular formula is C28H26FN3O5S. The van der Waals surface area contributed by atoms with Crippen LogP contribution in [0, 0.1) is 12.7 Å². The molecule has 2 heterocycles. The van der Waals surface area contributed by atoms with Gasteiger partial charge in [0.05, 0.1) is 23.8 Å². The molecule has 0 spiro atoms. The molecule has 4 aromatic rings. The summed E-state index contributed by atoms with van der Waals surface area (Å²) in [6.07, 6.45) is 1.55. The molecule has 0 atom stereocenters. The number of nitrogens with zero attached hydrogens (tertiary/aromatic N) is 3. The van der Waals surface area contributed by atoms with Gasteiger partial charge in [0.2, 0.25) is 10.0 Å². The number of benzene rings is 3. The van der Waals surface area contributed by atoms with Crippen molar-refractivity contribution in [3.63, 3.8) is 0 Å². The molecule has 0 radical (unpaired) electrons. The van der Waals surface area contributed by atoms with Gasteiger partial charge in [-0.05, 0) is 48.9 Å². The van der Waals surface area contributed by atoms with Crippen molar-refractivity contribution in [3.05, 3.63) is 102 Å². The van der Waals surface area contributed by atoms with Crippen molar-refractivity contribution in [2.75, 3.05) is 26.3 Å². The van der Waals surface area contributed by atoms with Gasteiger partial charge in [0.15, 0.2) is 0 Å². The Morgan fingerprint density at radius 3 is 2.45 bits per heavy atom. The van der Waals surface area contributed by atoms with Crippen molar-refractivity contribution >= 4 is 16.0 Å². The fourth-order valence-electron chi connectivity index (χ4n) is 4.13. The highest BCUT2D eigenvalue weighted by molar-refractivity contribution is 7.89. The van der Waals surface area contributed by atoms with Crippen molar-refractivity contribution in [3.8, 4) is 16.9 Å². The van der Waals surface area contributed by atoms with Crippen LogP contribution < -0.4 is 0 Å². The van der Waals surface area contributed by atoms with E-state index in [0.717, 1.165) is 11.1 Å². The van der Waals surface area contributed by atoms with Gasteiger partial charge in [-0.2, -0.15) is 9.40 Å². The molecule has 1 aliphatic rings. The third-order valence-electron chi connectivity index (χ3n) is 6.23. The fraction of sp³-hybridized carbons (Fsp3) is 0.214. The van der Waals surface area contributed by atoms with Crippen molar-refractivity contribution in [2.24, 2.45) is 0 Å². The number of hydrogen-bond donors (Lipinski definition) is 0. The van der Waals surface area contributed by atoms with Gasteiger partial charge in [0.1, 0.15) is 23.7 Å². The van der Waals surface area contributed by atoms with Gasteiger partial charge in [0, 0.05) is 24.8 Å². The van der Waals surface area contributed by atoms with Crippen molar-refractivity contribution < 1.29 is 27.1 Å². The highest BCUT2D eigenvalue weighted by atomic mass is 32.2. The van der Waals surface area contributed by atoms with Gasteiger partial charge < -0.3 is 9.47 Å². The second kappa shape index (κ2) is 10.9. The van der Waals surface area contributed by atoms with E-state index in [0.29, 0.717) is 43.2 Å². The zero-order valence-corrected chi connectivity index (χ0v) is 21.5. The molecule has 10 heteroatoms. The topological polar surface area (TPSA) is 90.7 Å². The van der Waals surface area contributed by atoms with Gasteiger partial charge in [-0.25, -0.2) is 22.3 Å². The predicted molar refractivity (Wildman–Crippen MR) is 139 cm³/mol. The number of aryl methyl sites for hydroxylation is 1. The Hall–Kier alpha value is -3.86. The molecule has 0 aliphatic carbocycles. The highest BCUT2D eigenvalue weighted by Crippen LogP contribution is 2.26. The zero-order chi connectivity index (χ0) is 26.7. The Morgan fingerprint density at radius 1 is 1.03 bits per heavy atom. The summed E-state index contributed by atoms with van der Waals surface area (Å²) in [6, 6.07) is 19.7. The standard InChI is InChI=1S/C28H26FN3O5S/c1-20-5-7-22(8-6-20)27-26(18-32(30-27)24-11-9-23(29)10-12-24)28(33)37-19-21-3-2-4-25(17-21)38(34,35)31-13-15-36-16-14-31/h2-12,17-18H,13-16,19H2,1H3. The molecule has 1 aliphatic heterocycles. The summed E-state index contributed by atoms with van der Waals surface area (Å²) in [5, 5.41) is 4.58. The second-order valence-electron chi connectivity index (χ2n) is 8.92. The molecule has 5 rings (SSSR count). The molecule has 1 fully saturated rings. The number of rotatable bonds is 7. The zero-order valence-electron chi connectivity index (χ0n) is 20.7. The van der Waals surface area contributed by atoms with Gasteiger partial charge >= 0.3 is 5.97 Å². The minimum Gasteiger partial charge on any atom is -0.457 e. The van der Waals surface area contributed by atoms with E-state index in [-0.39, 0.29) is 22.9 Å². The lowest BCUT2D eigenvalue weighted by molar-refractivity contribution is 0.0473. The van der Waals surface area contributed by atoms with Gasteiger partial charge in [-0.1, -0.05) is 42.0 Å². The van der Waals surface area contributed by atoms with Crippen LogP contribution in [0.3, 0.4) is 0 Å². The van der Waals surface area contributed by atoms with Crippen LogP contribution >= 0.6 is 0 Å². The summed E-state index contributed by atoms with van der Waals surface area (Å²) in [4.78, 5) is 13.4. The number of hydrogen-bond acceptors (Lipinski definition) is 6. The molecule has 8 nitrogen and oxygen atoms in total. The third-order valence-corrected chi connectivity index (χ3v) is 8.12. The van der Waals surface area contributed by atoms with Crippen LogP contribution in [0.15, 0.2) is 83.9 Å². The summed E-state index contributed by atoms with van der Waals surface area (Å²) in [7, 11) is -3.68. The van der Waals surface area contributed by atoms with Gasteiger partial charge in [-0.3, -0.25) is 0 Å². The van der Waals surface area contributed by atoms with Crippen LogP contribution in [0.1, 0.15) is 21.5 Å². The molecule has 0 saturated carbocycles. The maximum absolute atomic E-state index is 13.4. The first-order valence-electron chi connectivity index (χ1n) is 12.1. The second-order valence-corrected chi connectivity index (χ2v) is 10.9. The number of sulfonamides is 1. The molecule has 0 unspecified atom stereocenters. The molecule has 196 valence electrons. The minimum absolute atomic E-state index is 0.125. The summed E-state index contributed by atoms with van der Waals surface area (Å²) >= 11 is 0. The number of carbonyl (C=O) groups excluding carboxylic acids is 1. The molecule has 0 N–H and O–H groups in total. The van der Waals surface area contributed by atoms with Crippen LogP contribution in [0.25, 0.3) is 16.9 Å². The molecule has 0 amide bonds. The normalized spacial score (nSPS) is 14.4. The lowest BCUT2D eigenvalue weighted by Gasteiger charge is -2.26. The number of halogens is 1. The molecule has 1 saturated heterocycles. The summed E-state index contributed by atoms with van der Waals surface area (Å²) in [5.74, 6) is -0.993. The number of morpholine rings is 1. The van der Waals surface area contributed by atoms with E-state index in [2.05, 4.69) is 5.10 Å². The van der Waals surface area contributed by atoms with Crippen LogP contribution in [-0.4, -0.2) is 54.8 Å². The predicted octanol–water partition coefficient (Wildman–Crippen LogP) is 4.36. The fourth-order valence-corrected chi connectivity index (χ4v) is 5.61. The van der Waals surface area contributed by atoms with Crippen molar-refractivity contribution in [1.29, 1.82) is 0 Å². The number of carbonyl (C=O) groups is 1. The monoisotopic (exact) mass is 535 g/mol. The maximum atomic E-state index is 13.4. The number of aromatic nitrogens is 2. The Kier molecular flexibility index (Phi) is 7.37. The van der Waals surface area contributed by atoms with E-state index >= 15 is 0 Å². The first-order chi connectivity index (χ1) is 18.3. The van der Waals surface area contributed by atoms with E-state index in [9.17, 15) is 17.6 Å². The van der Waals surface area contributed by atoms with Crippen LogP contribution in [0.2, 0.25) is 0 Å². The third kappa shape index (κ3) is 5.52. The summed E-state index contributed by atoms with van der Waals surface area (Å²) in [6.45, 7) is 3.13. The van der Waals surface area contributed by atoms with Gasteiger partial charge in [0.25, 0.3) is 0 Å². The average molecular weight is 536 g/mol. The SMILES string of the molecule is Cc1ccc(-c2nn(-c3ccc(F)cc3)cc2C(=O)OCc2cccc(S(=O)(=O)N3CCOCC3)c2)cc1. The van der Waals surface area contributed by atoms with E-state index in [4.69, 9.17) is 9.47 Å². The molecule has 3 aromatic carbocycles. The highest BCUT2D eigenvalue weighted by Gasteiger charge is 2.26. The summed E-state index contributed by atoms with van der Waals surface area (Å²) in [5.41, 5.74) is 3.55. The number of ether oxygens (including phenoxy) is 2. The lowest BCUT2D eigenvalue weighted by Crippen LogP contribution is -2.40. The molecule has 1 aromatic heterocycles. The largest absolute Gasteiger partial charge is 0.457 e. The van der Waals surface area contributed by atoms with E-state index in [1.807, 2.05) is 31.2 Å². The van der Waals surface area contributed by atoms with Gasteiger partial charge in [-0.15, -0.1) is 0 Å². The van der Waals surface area contributed by atoms with Crippen LogP contribution in [0.4, 0.5) is 4.39 Å². The number of esters is 1. The van der Waals surface area contributed by atoms with E-state index in [1.54, 1.807) is 30.5 Å². The maximum Gasteiger partial charge on any atom is 0.342 e. The Morgan fingerprint density at radius 2 is 1.74 bits per heavy atom. The van der Waals surface area contributed by atoms with Crippen LogP contribution in [-0.2, 0) is 26.1 Å². The smallest absolute Gasteiger partial charge is 0.342 e. The lowest BCUT2D eigenvalue weighted by atomic mass is 10.1. The van der Waals surface area contributed by atoms with Crippen molar-refractivity contribution in [1.82, 2.24) is 14.1 Å². The minimum atomic E-state index is -3.68. The van der Waals surface area contributed by atoms with Crippen molar-refractivity contribution in [2.45, 2.75) is 18.4 Å². The summed E-state index contributed by atoms with van der Waals surface area (Å²) < 4.78 is 53.2. The van der Waals surface area contributed by atoms with E-state index in [1.165, 1.54) is 33.3 Å². The average Bonchev–Trinajstić information content (AvgIpc) is 3.39. The molecule has 0 bridgehead atoms. The first-order valence-corrected chi connectivity index (χ1v) is 13.5. The molecule has 38 heavy (non-hydrogen) atoms. The van der Waals surface area contributed by atoms with E-state index < -0.39 is 16.0 Å². The Bertz CT molecular complexity index is 1540.